The van der Waals surface area contributed by atoms with Crippen LogP contribution in [0.3, 0.4) is 0 Å². The fraction of sp³-hybridized carbons (Fsp3) is 0.308. The molecule has 0 fully saturated rings. The van der Waals surface area contributed by atoms with Crippen LogP contribution in [-0.2, 0) is 13.0 Å². The first-order valence-electron chi connectivity index (χ1n) is 5.52. The molecule has 1 aromatic heterocycles. The highest BCUT2D eigenvalue weighted by atomic mass is 16.2. The van der Waals surface area contributed by atoms with Crippen molar-refractivity contribution in [2.24, 2.45) is 0 Å². The Morgan fingerprint density at radius 3 is 2.94 bits per heavy atom. The highest BCUT2D eigenvalue weighted by Gasteiger charge is 2.08. The molecule has 2 rings (SSSR count). The molecule has 1 heterocycles. The summed E-state index contributed by atoms with van der Waals surface area (Å²) in [5, 5.41) is 8.87. The topological polar surface area (TPSA) is 38.0 Å². The van der Waals surface area contributed by atoms with Crippen LogP contribution < -0.4 is 0 Å². The Kier molecular flexibility index (Phi) is 3.37. The van der Waals surface area contributed by atoms with Gasteiger partial charge in [0.25, 0.3) is 0 Å². The lowest BCUT2D eigenvalue weighted by Crippen LogP contribution is -2.03. The smallest absolute Gasteiger partial charge is 0.110 e. The van der Waals surface area contributed by atoms with Gasteiger partial charge in [-0.2, -0.15) is 0 Å². The van der Waals surface area contributed by atoms with Crippen molar-refractivity contribution in [3.63, 3.8) is 0 Å². The maximum Gasteiger partial charge on any atom is 0.110 e. The van der Waals surface area contributed by atoms with E-state index in [2.05, 4.69) is 22.2 Å². The lowest BCUT2D eigenvalue weighted by atomic mass is 10.3. The highest BCUT2D eigenvalue weighted by molar-refractivity contribution is 5.75. The molecule has 0 radical (unpaired) electrons. The molecule has 0 spiro atoms. The van der Waals surface area contributed by atoms with Gasteiger partial charge in [0.05, 0.1) is 11.0 Å². The molecular formula is C13H16N2O. The Morgan fingerprint density at radius 1 is 1.38 bits per heavy atom. The maximum absolute atomic E-state index is 8.87. The van der Waals surface area contributed by atoms with Gasteiger partial charge in [-0.15, -0.1) is 6.58 Å². The van der Waals surface area contributed by atoms with Gasteiger partial charge in [0.15, 0.2) is 0 Å². The van der Waals surface area contributed by atoms with Gasteiger partial charge in [-0.3, -0.25) is 0 Å². The lowest BCUT2D eigenvalue weighted by Gasteiger charge is -2.05. The van der Waals surface area contributed by atoms with Crippen LogP contribution in [0.25, 0.3) is 11.0 Å². The molecule has 1 N–H and O–H groups in total. The highest BCUT2D eigenvalue weighted by Crippen LogP contribution is 2.16. The third kappa shape index (κ3) is 1.99. The van der Waals surface area contributed by atoms with Crippen molar-refractivity contribution in [2.45, 2.75) is 19.4 Å². The predicted octanol–water partition coefficient (Wildman–Crippen LogP) is 2.15. The maximum atomic E-state index is 8.87. The summed E-state index contributed by atoms with van der Waals surface area (Å²) in [6.07, 6.45) is 3.43. The fourth-order valence-corrected chi connectivity index (χ4v) is 1.89. The van der Waals surface area contributed by atoms with E-state index in [0.29, 0.717) is 0 Å². The zero-order valence-corrected chi connectivity index (χ0v) is 9.26. The minimum atomic E-state index is 0.206. The van der Waals surface area contributed by atoms with Crippen molar-refractivity contribution in [1.82, 2.24) is 9.55 Å². The monoisotopic (exact) mass is 216 g/mol. The molecule has 0 aliphatic heterocycles. The van der Waals surface area contributed by atoms with Crippen molar-refractivity contribution in [3.8, 4) is 0 Å². The van der Waals surface area contributed by atoms with E-state index in [9.17, 15) is 0 Å². The molecule has 3 heteroatoms. The third-order valence-corrected chi connectivity index (χ3v) is 2.60. The van der Waals surface area contributed by atoms with Gasteiger partial charge in [0.2, 0.25) is 0 Å². The van der Waals surface area contributed by atoms with Crippen LogP contribution in [0, 0.1) is 0 Å². The summed E-state index contributed by atoms with van der Waals surface area (Å²) in [6, 6.07) is 8.08. The van der Waals surface area contributed by atoms with E-state index in [1.807, 2.05) is 24.3 Å². The van der Waals surface area contributed by atoms with Crippen molar-refractivity contribution in [3.05, 3.63) is 42.7 Å². The second kappa shape index (κ2) is 4.94. The largest absolute Gasteiger partial charge is 0.396 e. The van der Waals surface area contributed by atoms with E-state index in [1.54, 1.807) is 0 Å². The molecule has 0 bridgehead atoms. The standard InChI is InChI=1S/C13H16N2O/c1-2-9-15-12-7-4-3-6-11(12)14-13(15)8-5-10-16/h2-4,6-7,16H,1,5,8-10H2. The Hall–Kier alpha value is -1.61. The molecule has 3 nitrogen and oxygen atoms in total. The number of hydrogen-bond donors (Lipinski definition) is 1. The number of aliphatic hydroxyl groups is 1. The van der Waals surface area contributed by atoms with Crippen LogP contribution >= 0.6 is 0 Å². The zero-order valence-electron chi connectivity index (χ0n) is 9.26. The number of hydrogen-bond acceptors (Lipinski definition) is 2. The zero-order chi connectivity index (χ0) is 11.4. The Labute approximate surface area is 95.0 Å². The van der Waals surface area contributed by atoms with Crippen molar-refractivity contribution >= 4 is 11.0 Å². The lowest BCUT2D eigenvalue weighted by molar-refractivity contribution is 0.287. The van der Waals surface area contributed by atoms with Crippen molar-refractivity contribution in [2.75, 3.05) is 6.61 Å². The van der Waals surface area contributed by atoms with Gasteiger partial charge < -0.3 is 9.67 Å². The Balaban J connectivity index is 2.45. The number of aryl methyl sites for hydroxylation is 1. The summed E-state index contributed by atoms with van der Waals surface area (Å²) < 4.78 is 2.15. The molecule has 0 saturated heterocycles. The molecule has 2 aromatic rings. The second-order valence-corrected chi connectivity index (χ2v) is 3.74. The average molecular weight is 216 g/mol. The molecular weight excluding hydrogens is 200 g/mol. The van der Waals surface area contributed by atoms with E-state index in [-0.39, 0.29) is 6.61 Å². The molecule has 84 valence electrons. The first-order chi connectivity index (χ1) is 7.86. The normalized spacial score (nSPS) is 10.8. The van der Waals surface area contributed by atoms with Gasteiger partial charge in [-0.1, -0.05) is 18.2 Å². The number of imidazole rings is 1. The van der Waals surface area contributed by atoms with Crippen molar-refractivity contribution < 1.29 is 5.11 Å². The van der Waals surface area contributed by atoms with Gasteiger partial charge in [-0.05, 0) is 18.6 Å². The van der Waals surface area contributed by atoms with Gasteiger partial charge >= 0.3 is 0 Å². The first kappa shape index (κ1) is 10.9. The van der Waals surface area contributed by atoms with Gasteiger partial charge in [-0.25, -0.2) is 4.98 Å². The summed E-state index contributed by atoms with van der Waals surface area (Å²) in [4.78, 5) is 4.57. The second-order valence-electron chi connectivity index (χ2n) is 3.74. The predicted molar refractivity (Wildman–Crippen MR) is 65.3 cm³/mol. The molecule has 0 atom stereocenters. The van der Waals surface area contributed by atoms with Crippen LogP contribution in [0.1, 0.15) is 12.2 Å². The number of aromatic nitrogens is 2. The van der Waals surface area contributed by atoms with Crippen LogP contribution in [0.15, 0.2) is 36.9 Å². The minimum absolute atomic E-state index is 0.206. The molecule has 1 aromatic carbocycles. The quantitative estimate of drug-likeness (QED) is 0.778. The number of allylic oxidation sites excluding steroid dienone is 1. The van der Waals surface area contributed by atoms with Crippen LogP contribution in [0.5, 0.6) is 0 Å². The van der Waals surface area contributed by atoms with Crippen LogP contribution in [0.2, 0.25) is 0 Å². The van der Waals surface area contributed by atoms with Crippen LogP contribution in [-0.4, -0.2) is 21.3 Å². The number of rotatable bonds is 5. The number of benzene rings is 1. The Morgan fingerprint density at radius 2 is 2.19 bits per heavy atom. The minimum Gasteiger partial charge on any atom is -0.396 e. The molecule has 0 saturated carbocycles. The SMILES string of the molecule is C=CCn1c(CCCO)nc2ccccc21. The average Bonchev–Trinajstić information content (AvgIpc) is 2.66. The summed E-state index contributed by atoms with van der Waals surface area (Å²) in [5.74, 6) is 1.02. The molecule has 0 aliphatic carbocycles. The Bertz CT molecular complexity index is 488. The molecule has 0 amide bonds. The molecule has 0 unspecified atom stereocenters. The van der Waals surface area contributed by atoms with E-state index < -0.39 is 0 Å². The number of para-hydroxylation sites is 2. The number of fused-ring (bicyclic) bond motifs is 1. The van der Waals surface area contributed by atoms with E-state index in [0.717, 1.165) is 36.2 Å². The summed E-state index contributed by atoms with van der Waals surface area (Å²) in [5.41, 5.74) is 2.15. The fourth-order valence-electron chi connectivity index (χ4n) is 1.89. The molecule has 0 aliphatic rings. The number of aliphatic hydroxyl groups excluding tert-OH is 1. The molecule has 16 heavy (non-hydrogen) atoms. The summed E-state index contributed by atoms with van der Waals surface area (Å²) in [7, 11) is 0. The summed E-state index contributed by atoms with van der Waals surface area (Å²) >= 11 is 0. The van der Waals surface area contributed by atoms with E-state index in [1.165, 1.54) is 0 Å². The van der Waals surface area contributed by atoms with Gasteiger partial charge in [0.1, 0.15) is 5.82 Å². The van der Waals surface area contributed by atoms with E-state index >= 15 is 0 Å². The van der Waals surface area contributed by atoms with E-state index in [4.69, 9.17) is 5.11 Å². The van der Waals surface area contributed by atoms with Gasteiger partial charge in [0, 0.05) is 19.6 Å². The van der Waals surface area contributed by atoms with Crippen molar-refractivity contribution in [1.29, 1.82) is 0 Å². The summed E-state index contributed by atoms with van der Waals surface area (Å²) in [6.45, 7) is 4.74. The first-order valence-corrected chi connectivity index (χ1v) is 5.52. The van der Waals surface area contributed by atoms with Crippen LogP contribution in [0.4, 0.5) is 0 Å². The third-order valence-electron chi connectivity index (χ3n) is 2.60. The number of nitrogens with zero attached hydrogens (tertiary/aromatic N) is 2.